The molecule has 0 spiro atoms. The third-order valence-electron chi connectivity index (χ3n) is 5.99. The molecule has 4 rings (SSSR count). The van der Waals surface area contributed by atoms with Crippen molar-refractivity contribution in [3.05, 3.63) is 45.4 Å². The number of fused-ring (bicyclic) bond motifs is 2. The Morgan fingerprint density at radius 1 is 1.21 bits per heavy atom. The van der Waals surface area contributed by atoms with Crippen molar-refractivity contribution < 1.29 is 18.4 Å². The van der Waals surface area contributed by atoms with E-state index in [1.165, 1.54) is 26.2 Å². The molecule has 4 nitrogen and oxygen atoms in total. The van der Waals surface area contributed by atoms with Crippen molar-refractivity contribution in [3.8, 4) is 0 Å². The number of carbonyl (C=O) groups excluding carboxylic acids is 2. The second kappa shape index (κ2) is 7.35. The maximum Gasteiger partial charge on any atom is 0.282 e. The van der Waals surface area contributed by atoms with Gasteiger partial charge in [-0.25, -0.2) is 18.7 Å². The molecule has 2 saturated carbocycles. The first kappa shape index (κ1) is 19.2. The number of thiazole rings is 1. The van der Waals surface area contributed by atoms with Gasteiger partial charge in [-0.05, 0) is 55.6 Å². The van der Waals surface area contributed by atoms with Crippen LogP contribution in [0.3, 0.4) is 0 Å². The van der Waals surface area contributed by atoms with Gasteiger partial charge in [-0.1, -0.05) is 24.6 Å². The largest absolute Gasteiger partial charge is 0.282 e. The molecule has 2 bridgehead atoms. The number of benzene rings is 1. The van der Waals surface area contributed by atoms with Crippen LogP contribution in [0.2, 0.25) is 0 Å². The van der Waals surface area contributed by atoms with Gasteiger partial charge in [0.15, 0.2) is 0 Å². The summed E-state index contributed by atoms with van der Waals surface area (Å²) in [5, 5.41) is 0.378. The van der Waals surface area contributed by atoms with Crippen LogP contribution in [0.5, 0.6) is 0 Å². The number of carbonyl (C=O) groups is 2. The van der Waals surface area contributed by atoms with Crippen LogP contribution in [0.15, 0.2) is 24.3 Å². The first-order valence-electron chi connectivity index (χ1n) is 9.56. The van der Waals surface area contributed by atoms with Gasteiger partial charge in [0, 0.05) is 6.92 Å². The van der Waals surface area contributed by atoms with Crippen molar-refractivity contribution in [1.29, 1.82) is 0 Å². The van der Waals surface area contributed by atoms with Crippen LogP contribution < -0.4 is 4.90 Å². The van der Waals surface area contributed by atoms with E-state index >= 15 is 0 Å². The summed E-state index contributed by atoms with van der Waals surface area (Å²) in [7, 11) is 0. The SMILES string of the molecule is CC(=O)N(C(=O)c1sc(C)nc1C(F)F)c1ccccc1C1CC2CCC1C2. The van der Waals surface area contributed by atoms with E-state index in [-0.39, 0.29) is 4.88 Å². The number of rotatable bonds is 4. The highest BCUT2D eigenvalue weighted by Gasteiger charge is 2.42. The lowest BCUT2D eigenvalue weighted by Gasteiger charge is -2.28. The number of aromatic nitrogens is 1. The first-order chi connectivity index (χ1) is 13.4. The molecule has 1 aromatic heterocycles. The van der Waals surface area contributed by atoms with Gasteiger partial charge in [-0.2, -0.15) is 0 Å². The Labute approximate surface area is 166 Å². The van der Waals surface area contributed by atoms with E-state index in [1.807, 2.05) is 12.1 Å². The highest BCUT2D eigenvalue weighted by molar-refractivity contribution is 7.14. The lowest BCUT2D eigenvalue weighted by molar-refractivity contribution is -0.115. The van der Waals surface area contributed by atoms with E-state index in [4.69, 9.17) is 0 Å². The topological polar surface area (TPSA) is 50.3 Å². The Kier molecular flexibility index (Phi) is 5.04. The van der Waals surface area contributed by atoms with E-state index in [0.29, 0.717) is 28.4 Å². The molecule has 2 aliphatic carbocycles. The van der Waals surface area contributed by atoms with Gasteiger partial charge in [-0.3, -0.25) is 9.59 Å². The van der Waals surface area contributed by atoms with Crippen molar-refractivity contribution >= 4 is 28.8 Å². The normalized spacial score (nSPS) is 23.4. The second-order valence-electron chi connectivity index (χ2n) is 7.75. The van der Waals surface area contributed by atoms with E-state index in [0.717, 1.165) is 28.2 Å². The van der Waals surface area contributed by atoms with Crippen LogP contribution >= 0.6 is 11.3 Å². The number of aryl methyl sites for hydroxylation is 1. The average molecular weight is 404 g/mol. The fourth-order valence-corrected chi connectivity index (χ4v) is 5.76. The van der Waals surface area contributed by atoms with E-state index < -0.39 is 23.9 Å². The Hall–Kier alpha value is -2.15. The summed E-state index contributed by atoms with van der Waals surface area (Å²) in [6.07, 6.45) is 1.80. The highest BCUT2D eigenvalue weighted by Crippen LogP contribution is 2.54. The molecule has 0 N–H and O–H groups in total. The Morgan fingerprint density at radius 2 is 1.96 bits per heavy atom. The second-order valence-corrected chi connectivity index (χ2v) is 8.95. The molecule has 2 amide bonds. The quantitative estimate of drug-likeness (QED) is 0.677. The summed E-state index contributed by atoms with van der Waals surface area (Å²) < 4.78 is 26.8. The zero-order valence-electron chi connectivity index (χ0n) is 15.8. The molecule has 3 atom stereocenters. The molecule has 2 aliphatic rings. The molecule has 28 heavy (non-hydrogen) atoms. The number of nitrogens with zero attached hydrogens (tertiary/aromatic N) is 2. The lowest BCUT2D eigenvalue weighted by Crippen LogP contribution is -2.36. The first-order valence-corrected chi connectivity index (χ1v) is 10.4. The Bertz CT molecular complexity index is 927. The van der Waals surface area contributed by atoms with Crippen molar-refractivity contribution in [2.24, 2.45) is 11.8 Å². The van der Waals surface area contributed by atoms with Crippen LogP contribution in [-0.4, -0.2) is 16.8 Å². The van der Waals surface area contributed by atoms with Gasteiger partial charge < -0.3 is 0 Å². The molecule has 1 heterocycles. The third kappa shape index (κ3) is 3.26. The molecular weight excluding hydrogens is 382 g/mol. The summed E-state index contributed by atoms with van der Waals surface area (Å²) in [4.78, 5) is 30.4. The zero-order chi connectivity index (χ0) is 20.0. The van der Waals surface area contributed by atoms with Crippen LogP contribution in [0.25, 0.3) is 0 Å². The number of para-hydroxylation sites is 1. The fraction of sp³-hybridized carbons (Fsp3) is 0.476. The highest BCUT2D eigenvalue weighted by atomic mass is 32.1. The number of hydrogen-bond acceptors (Lipinski definition) is 4. The lowest BCUT2D eigenvalue weighted by atomic mass is 9.82. The van der Waals surface area contributed by atoms with Gasteiger partial charge in [0.1, 0.15) is 10.6 Å². The summed E-state index contributed by atoms with van der Waals surface area (Å²) in [5.74, 6) is 0.384. The number of halogens is 2. The van der Waals surface area contributed by atoms with Gasteiger partial charge in [-0.15, -0.1) is 11.3 Å². The molecule has 2 fully saturated rings. The molecule has 0 saturated heterocycles. The molecule has 3 unspecified atom stereocenters. The van der Waals surface area contributed by atoms with Crippen molar-refractivity contribution in [2.45, 2.75) is 51.9 Å². The molecule has 0 radical (unpaired) electrons. The number of hydrogen-bond donors (Lipinski definition) is 0. The maximum atomic E-state index is 13.4. The number of amides is 2. The molecule has 1 aromatic carbocycles. The van der Waals surface area contributed by atoms with Crippen molar-refractivity contribution in [3.63, 3.8) is 0 Å². The summed E-state index contributed by atoms with van der Waals surface area (Å²) in [5.41, 5.74) is 0.943. The minimum atomic E-state index is -2.86. The fourth-order valence-electron chi connectivity index (χ4n) is 4.90. The summed E-state index contributed by atoms with van der Waals surface area (Å²) >= 11 is 0.907. The Morgan fingerprint density at radius 3 is 2.57 bits per heavy atom. The predicted octanol–water partition coefficient (Wildman–Crippen LogP) is 5.49. The minimum Gasteiger partial charge on any atom is -0.274 e. The van der Waals surface area contributed by atoms with E-state index in [9.17, 15) is 18.4 Å². The number of anilines is 1. The van der Waals surface area contributed by atoms with Gasteiger partial charge in [0.2, 0.25) is 5.91 Å². The van der Waals surface area contributed by atoms with Crippen molar-refractivity contribution in [1.82, 2.24) is 4.98 Å². The summed E-state index contributed by atoms with van der Waals surface area (Å²) in [6.45, 7) is 2.88. The van der Waals surface area contributed by atoms with Crippen LogP contribution in [0.4, 0.5) is 14.5 Å². The zero-order valence-corrected chi connectivity index (χ0v) is 16.6. The molecule has 148 valence electrons. The minimum absolute atomic E-state index is 0.162. The number of alkyl halides is 2. The molecule has 2 aromatic rings. The van der Waals surface area contributed by atoms with E-state index in [2.05, 4.69) is 4.98 Å². The molecule has 0 aliphatic heterocycles. The van der Waals surface area contributed by atoms with Crippen LogP contribution in [-0.2, 0) is 4.79 Å². The number of imide groups is 1. The summed E-state index contributed by atoms with van der Waals surface area (Å²) in [6, 6.07) is 7.41. The van der Waals surface area contributed by atoms with Crippen molar-refractivity contribution in [2.75, 3.05) is 4.90 Å². The average Bonchev–Trinajstić information content (AvgIpc) is 3.37. The molecular formula is C21H22F2N2O2S. The smallest absolute Gasteiger partial charge is 0.274 e. The Balaban J connectivity index is 1.76. The van der Waals surface area contributed by atoms with Gasteiger partial charge >= 0.3 is 0 Å². The third-order valence-corrected chi connectivity index (χ3v) is 6.97. The monoisotopic (exact) mass is 404 g/mol. The van der Waals surface area contributed by atoms with Crippen LogP contribution in [0.1, 0.15) is 70.9 Å². The predicted molar refractivity (Wildman–Crippen MR) is 104 cm³/mol. The van der Waals surface area contributed by atoms with Gasteiger partial charge in [0.25, 0.3) is 12.3 Å². The molecule has 7 heteroatoms. The standard InChI is InChI=1S/C21H22F2N2O2S/c1-11-24-18(20(22)23)19(28-11)21(27)25(12(2)26)17-6-4-3-5-15(17)16-10-13-7-8-14(16)9-13/h3-6,13-14,16,20H,7-10H2,1-2H3. The van der Waals surface area contributed by atoms with Gasteiger partial charge in [0.05, 0.1) is 10.7 Å². The van der Waals surface area contributed by atoms with Crippen LogP contribution in [0, 0.1) is 18.8 Å². The maximum absolute atomic E-state index is 13.4. The van der Waals surface area contributed by atoms with E-state index in [1.54, 1.807) is 19.1 Å².